The van der Waals surface area contributed by atoms with E-state index in [-0.39, 0.29) is 11.5 Å². The normalized spacial score (nSPS) is 23.9. The molecule has 0 aliphatic heterocycles. The lowest BCUT2D eigenvalue weighted by Gasteiger charge is -2.48. The molecule has 1 heterocycles. The minimum absolute atomic E-state index is 0.0909. The van der Waals surface area contributed by atoms with Gasteiger partial charge in [-0.15, -0.1) is 0 Å². The number of benzene rings is 1. The van der Waals surface area contributed by atoms with E-state index in [0.717, 1.165) is 26.6 Å². The first kappa shape index (κ1) is 16.1. The van der Waals surface area contributed by atoms with E-state index in [1.54, 1.807) is 6.07 Å². The number of pyridine rings is 1. The van der Waals surface area contributed by atoms with Crippen LogP contribution in [0.1, 0.15) is 20.3 Å². The van der Waals surface area contributed by atoms with Gasteiger partial charge in [0.05, 0.1) is 8.59 Å². The third-order valence-electron chi connectivity index (χ3n) is 4.12. The van der Waals surface area contributed by atoms with Gasteiger partial charge in [-0.1, -0.05) is 53.0 Å². The van der Waals surface area contributed by atoms with Crippen LogP contribution in [0.15, 0.2) is 18.2 Å². The number of rotatable bonds is 2. The van der Waals surface area contributed by atoms with Crippen molar-refractivity contribution >= 4 is 72.6 Å². The zero-order valence-electron chi connectivity index (χ0n) is 11.5. The molecule has 2 aromatic rings. The Labute approximate surface area is 155 Å². The molecule has 3 rings (SSSR count). The van der Waals surface area contributed by atoms with Crippen molar-refractivity contribution in [2.75, 3.05) is 0 Å². The summed E-state index contributed by atoms with van der Waals surface area (Å²) >= 11 is 18.3. The second kappa shape index (κ2) is 5.69. The fourth-order valence-electron chi connectivity index (χ4n) is 2.46. The molecule has 112 valence electrons. The molecule has 0 N–H and O–H groups in total. The second-order valence-electron chi connectivity index (χ2n) is 5.83. The maximum absolute atomic E-state index is 6.30. The molecule has 0 spiro atoms. The third kappa shape index (κ3) is 2.77. The number of hydrogen-bond acceptors (Lipinski definition) is 2. The lowest BCUT2D eigenvalue weighted by molar-refractivity contribution is -0.00743. The molecule has 0 bridgehead atoms. The van der Waals surface area contributed by atoms with Crippen molar-refractivity contribution in [2.24, 2.45) is 5.41 Å². The maximum Gasteiger partial charge on any atom is 0.159 e. The van der Waals surface area contributed by atoms with E-state index in [0.29, 0.717) is 15.0 Å². The fourth-order valence-corrected chi connectivity index (χ4v) is 4.38. The van der Waals surface area contributed by atoms with E-state index in [4.69, 9.17) is 27.9 Å². The molecule has 2 unspecified atom stereocenters. The van der Waals surface area contributed by atoms with Crippen molar-refractivity contribution in [1.29, 1.82) is 0 Å². The molecule has 1 aliphatic carbocycles. The third-order valence-corrected chi connectivity index (χ3v) is 7.00. The lowest BCUT2D eigenvalue weighted by atomic mass is 9.69. The highest BCUT2D eigenvalue weighted by molar-refractivity contribution is 14.1. The molecule has 1 aromatic heterocycles. The zero-order chi connectivity index (χ0) is 15.4. The van der Waals surface area contributed by atoms with Gasteiger partial charge in [-0.05, 0) is 47.2 Å². The van der Waals surface area contributed by atoms with Crippen molar-refractivity contribution in [3.05, 3.63) is 31.9 Å². The minimum Gasteiger partial charge on any atom is -0.486 e. The first-order chi connectivity index (χ1) is 9.80. The van der Waals surface area contributed by atoms with Gasteiger partial charge in [0.15, 0.2) is 5.75 Å². The summed E-state index contributed by atoms with van der Waals surface area (Å²) in [6, 6.07) is 5.54. The number of alkyl halides is 1. The highest BCUT2D eigenvalue weighted by Gasteiger charge is 2.49. The molecule has 2 atom stereocenters. The summed E-state index contributed by atoms with van der Waals surface area (Å²) in [4.78, 5) is 4.89. The summed E-state index contributed by atoms with van der Waals surface area (Å²) in [5.41, 5.74) is 0.821. The average Bonchev–Trinajstić information content (AvgIpc) is 2.41. The predicted molar refractivity (Wildman–Crippen MR) is 100 cm³/mol. The van der Waals surface area contributed by atoms with Gasteiger partial charge in [0, 0.05) is 15.6 Å². The Morgan fingerprint density at radius 3 is 2.71 bits per heavy atom. The molecular weight excluding hydrogens is 488 g/mol. The number of ether oxygens (including phenoxy) is 1. The molecule has 1 saturated carbocycles. The fraction of sp³-hybridized carbons (Fsp3) is 0.400. The molecular formula is C15H13BrCl2INO. The van der Waals surface area contributed by atoms with Crippen LogP contribution in [-0.4, -0.2) is 15.9 Å². The molecule has 21 heavy (non-hydrogen) atoms. The monoisotopic (exact) mass is 499 g/mol. The van der Waals surface area contributed by atoms with E-state index in [1.165, 1.54) is 0 Å². The van der Waals surface area contributed by atoms with Gasteiger partial charge >= 0.3 is 0 Å². The van der Waals surface area contributed by atoms with Crippen LogP contribution < -0.4 is 4.74 Å². The van der Waals surface area contributed by atoms with Crippen LogP contribution in [-0.2, 0) is 0 Å². The van der Waals surface area contributed by atoms with Crippen LogP contribution in [0.3, 0.4) is 0 Å². The largest absolute Gasteiger partial charge is 0.486 e. The Morgan fingerprint density at radius 2 is 2.10 bits per heavy atom. The second-order valence-corrected chi connectivity index (χ2v) is 8.89. The van der Waals surface area contributed by atoms with Crippen LogP contribution in [0.2, 0.25) is 10.2 Å². The average molecular weight is 501 g/mol. The standard InChI is InChI=1S/C15H13BrCl2INO/c1-15(2)10(16)6-11(15)21-14-9(19)5-8(17)7-3-4-12(18)20-13(7)14/h3-5,10-11H,6H2,1-2H3. The highest BCUT2D eigenvalue weighted by atomic mass is 127. The molecule has 1 fully saturated rings. The number of nitrogens with zero attached hydrogens (tertiary/aromatic N) is 1. The first-order valence-corrected chi connectivity index (χ1v) is 9.30. The van der Waals surface area contributed by atoms with Gasteiger partial charge in [-0.3, -0.25) is 0 Å². The van der Waals surface area contributed by atoms with Crippen molar-refractivity contribution in [3.63, 3.8) is 0 Å². The van der Waals surface area contributed by atoms with E-state index in [1.807, 2.05) is 12.1 Å². The summed E-state index contributed by atoms with van der Waals surface area (Å²) in [7, 11) is 0. The summed E-state index contributed by atoms with van der Waals surface area (Å²) in [6.45, 7) is 4.40. The van der Waals surface area contributed by atoms with E-state index in [2.05, 4.69) is 57.4 Å². The molecule has 0 saturated heterocycles. The van der Waals surface area contributed by atoms with Gasteiger partial charge in [0.25, 0.3) is 0 Å². The summed E-state index contributed by atoms with van der Waals surface area (Å²) in [6.07, 6.45) is 1.13. The first-order valence-electron chi connectivity index (χ1n) is 6.55. The maximum atomic E-state index is 6.30. The molecule has 0 radical (unpaired) electrons. The zero-order valence-corrected chi connectivity index (χ0v) is 16.7. The van der Waals surface area contributed by atoms with Gasteiger partial charge in [0.1, 0.15) is 16.8 Å². The Hall–Kier alpha value is 0.220. The van der Waals surface area contributed by atoms with Gasteiger partial charge in [-0.2, -0.15) is 0 Å². The van der Waals surface area contributed by atoms with E-state index < -0.39 is 0 Å². The van der Waals surface area contributed by atoms with Gasteiger partial charge < -0.3 is 4.74 Å². The number of halogens is 4. The van der Waals surface area contributed by atoms with Crippen LogP contribution in [0.5, 0.6) is 5.75 Å². The smallest absolute Gasteiger partial charge is 0.159 e. The van der Waals surface area contributed by atoms with Crippen LogP contribution in [0, 0.1) is 8.99 Å². The van der Waals surface area contributed by atoms with Crippen molar-refractivity contribution in [1.82, 2.24) is 4.98 Å². The number of fused-ring (bicyclic) bond motifs is 1. The Kier molecular flexibility index (Phi) is 4.36. The minimum atomic E-state index is 0.0909. The quantitative estimate of drug-likeness (QED) is 0.283. The number of aromatic nitrogens is 1. The Balaban J connectivity index is 2.08. The lowest BCUT2D eigenvalue weighted by Crippen LogP contribution is -2.53. The SMILES string of the molecule is CC1(C)C(Br)CC1Oc1c(I)cc(Cl)c2ccc(Cl)nc12. The topological polar surface area (TPSA) is 22.1 Å². The van der Waals surface area contributed by atoms with Crippen LogP contribution in [0.25, 0.3) is 10.9 Å². The molecule has 2 nitrogen and oxygen atoms in total. The van der Waals surface area contributed by atoms with E-state index >= 15 is 0 Å². The molecule has 1 aromatic carbocycles. The summed E-state index contributed by atoms with van der Waals surface area (Å²) in [5.74, 6) is 0.773. The molecule has 1 aliphatic rings. The van der Waals surface area contributed by atoms with Crippen molar-refractivity contribution in [2.45, 2.75) is 31.2 Å². The number of hydrogen-bond donors (Lipinski definition) is 0. The van der Waals surface area contributed by atoms with Crippen molar-refractivity contribution in [3.8, 4) is 5.75 Å². The van der Waals surface area contributed by atoms with Crippen LogP contribution >= 0.6 is 61.7 Å². The molecule has 6 heteroatoms. The van der Waals surface area contributed by atoms with Crippen LogP contribution in [0.4, 0.5) is 0 Å². The predicted octanol–water partition coefficient (Wildman–Crippen LogP) is 6.09. The van der Waals surface area contributed by atoms with Crippen molar-refractivity contribution < 1.29 is 4.74 Å². The molecule has 0 amide bonds. The Morgan fingerprint density at radius 1 is 1.38 bits per heavy atom. The highest BCUT2D eigenvalue weighted by Crippen LogP contribution is 2.49. The summed E-state index contributed by atoms with van der Waals surface area (Å²) in [5, 5.41) is 1.97. The summed E-state index contributed by atoms with van der Waals surface area (Å²) < 4.78 is 7.23. The van der Waals surface area contributed by atoms with Gasteiger partial charge in [-0.25, -0.2) is 4.98 Å². The van der Waals surface area contributed by atoms with E-state index in [9.17, 15) is 0 Å². The Bertz CT molecular complexity index is 722. The van der Waals surface area contributed by atoms with Gasteiger partial charge in [0.2, 0.25) is 0 Å².